The average Bonchev–Trinajstić information content (AvgIpc) is 2.63. The van der Waals surface area contributed by atoms with Gasteiger partial charge in [0.1, 0.15) is 0 Å². The van der Waals surface area contributed by atoms with E-state index in [4.69, 9.17) is 0 Å². The van der Waals surface area contributed by atoms with E-state index in [1.165, 1.54) is 25.8 Å². The van der Waals surface area contributed by atoms with Gasteiger partial charge in [-0.15, -0.1) is 24.2 Å². The molecule has 1 heterocycles. The minimum absolute atomic E-state index is 0. The maximum absolute atomic E-state index is 2.34. The topological polar surface area (TPSA) is 3.24 Å². The number of benzene rings is 2. The van der Waals surface area contributed by atoms with Crippen molar-refractivity contribution in [1.82, 2.24) is 4.90 Å². The number of hydrogen-bond acceptors (Lipinski definition) is 3. The van der Waals surface area contributed by atoms with Crippen LogP contribution in [-0.4, -0.2) is 31.3 Å². The summed E-state index contributed by atoms with van der Waals surface area (Å²) < 4.78 is 0. The third-order valence-corrected chi connectivity index (χ3v) is 5.58. The molecule has 116 valence electrons. The summed E-state index contributed by atoms with van der Waals surface area (Å²) in [7, 11) is 4.25. The van der Waals surface area contributed by atoms with Gasteiger partial charge in [-0.05, 0) is 37.9 Å². The van der Waals surface area contributed by atoms with Crippen LogP contribution in [-0.2, 0) is 0 Å². The van der Waals surface area contributed by atoms with Crippen molar-refractivity contribution < 1.29 is 0 Å². The van der Waals surface area contributed by atoms with Crippen LogP contribution in [0.25, 0.3) is 11.0 Å². The maximum Gasteiger partial charge on any atom is 0.0206 e. The zero-order valence-corrected chi connectivity index (χ0v) is 15.2. The number of thioether (sulfide) groups is 1. The second-order valence-electron chi connectivity index (χ2n) is 5.30. The monoisotopic (exact) mass is 349 g/mol. The molecule has 0 aromatic heterocycles. The van der Waals surface area contributed by atoms with E-state index in [2.05, 4.69) is 73.6 Å². The molecule has 2 aromatic carbocycles. The molecule has 2 aromatic rings. The molecule has 0 saturated heterocycles. The highest BCUT2D eigenvalue weighted by Gasteiger charge is 2.15. The lowest BCUT2D eigenvalue weighted by atomic mass is 10.1. The second-order valence-corrected chi connectivity index (χ2v) is 7.52. The van der Waals surface area contributed by atoms with E-state index in [1.54, 1.807) is 0 Å². The predicted octanol–water partition coefficient (Wildman–Crippen LogP) is 5.37. The molecule has 0 saturated carbocycles. The van der Waals surface area contributed by atoms with Gasteiger partial charge in [0.15, 0.2) is 0 Å². The van der Waals surface area contributed by atoms with Crippen molar-refractivity contribution in [1.29, 1.82) is 0 Å². The Morgan fingerprint density at radius 3 is 2.41 bits per heavy atom. The fourth-order valence-corrected chi connectivity index (χ4v) is 4.59. The molecule has 0 aliphatic carbocycles. The number of hydrogen-bond donors (Lipinski definition) is 0. The first kappa shape index (κ1) is 17.5. The third kappa shape index (κ3) is 4.11. The molecule has 0 amide bonds. The van der Waals surface area contributed by atoms with Crippen molar-refractivity contribution in [2.75, 3.05) is 26.4 Å². The van der Waals surface area contributed by atoms with Gasteiger partial charge in [-0.2, -0.15) is 0 Å². The van der Waals surface area contributed by atoms with Crippen LogP contribution in [0.2, 0.25) is 0 Å². The number of rotatable bonds is 4. The lowest BCUT2D eigenvalue weighted by Gasteiger charge is -2.12. The number of nitrogens with zero attached hydrogens (tertiary/aromatic N) is 1. The van der Waals surface area contributed by atoms with Gasteiger partial charge in [0.2, 0.25) is 0 Å². The summed E-state index contributed by atoms with van der Waals surface area (Å²) in [5.74, 6) is 1.11. The second kappa shape index (κ2) is 8.11. The van der Waals surface area contributed by atoms with Crippen LogP contribution in [0.5, 0.6) is 0 Å². The Labute approximate surface area is 147 Å². The fraction of sp³-hybridized carbons (Fsp3) is 0.222. The van der Waals surface area contributed by atoms with E-state index in [0.717, 1.165) is 12.3 Å². The Kier molecular flexibility index (Phi) is 6.45. The summed E-state index contributed by atoms with van der Waals surface area (Å²) >= 11 is 3.82. The van der Waals surface area contributed by atoms with Gasteiger partial charge in [0, 0.05) is 32.6 Å². The van der Waals surface area contributed by atoms with Crippen LogP contribution >= 0.6 is 35.9 Å². The first-order valence-corrected chi connectivity index (χ1v) is 8.90. The van der Waals surface area contributed by atoms with Gasteiger partial charge in [0.05, 0.1) is 0 Å². The van der Waals surface area contributed by atoms with E-state index in [0.29, 0.717) is 0 Å². The Morgan fingerprint density at radius 2 is 1.64 bits per heavy atom. The molecule has 0 unspecified atom stereocenters. The van der Waals surface area contributed by atoms with E-state index in [9.17, 15) is 0 Å². The van der Waals surface area contributed by atoms with Gasteiger partial charge < -0.3 is 4.90 Å². The fourth-order valence-electron chi connectivity index (χ4n) is 2.25. The van der Waals surface area contributed by atoms with E-state index >= 15 is 0 Å². The largest absolute Gasteiger partial charge is 0.309 e. The molecule has 1 aliphatic heterocycles. The summed E-state index contributed by atoms with van der Waals surface area (Å²) in [6.45, 7) is 1.10. The molecule has 1 nitrogen and oxygen atoms in total. The van der Waals surface area contributed by atoms with Gasteiger partial charge in [0.25, 0.3) is 0 Å². The molecule has 4 heteroatoms. The third-order valence-electron chi connectivity index (χ3n) is 3.37. The normalized spacial score (nSPS) is 12.8. The first-order chi connectivity index (χ1) is 10.2. The molecule has 22 heavy (non-hydrogen) atoms. The van der Waals surface area contributed by atoms with Crippen molar-refractivity contribution in [3.05, 3.63) is 59.7 Å². The Hall–Kier alpha value is -0.870. The van der Waals surface area contributed by atoms with Crippen molar-refractivity contribution in [3.63, 3.8) is 0 Å². The van der Waals surface area contributed by atoms with Crippen LogP contribution in [0.4, 0.5) is 0 Å². The minimum Gasteiger partial charge on any atom is -0.309 e. The molecular weight excluding hydrogens is 330 g/mol. The molecule has 0 bridgehead atoms. The molecule has 1 aliphatic rings. The van der Waals surface area contributed by atoms with Gasteiger partial charge in [-0.1, -0.05) is 48.2 Å². The van der Waals surface area contributed by atoms with Crippen LogP contribution < -0.4 is 0 Å². The van der Waals surface area contributed by atoms with Crippen molar-refractivity contribution >= 4 is 46.9 Å². The summed E-state index contributed by atoms with van der Waals surface area (Å²) in [5, 5.41) is 0. The van der Waals surface area contributed by atoms with Crippen molar-refractivity contribution in [3.8, 4) is 0 Å². The van der Waals surface area contributed by atoms with E-state index < -0.39 is 0 Å². The van der Waals surface area contributed by atoms with Gasteiger partial charge >= 0.3 is 0 Å². The lowest BCUT2D eigenvalue weighted by Crippen LogP contribution is -2.14. The Bertz CT molecular complexity index is 668. The Balaban J connectivity index is 0.00000176. The standard InChI is InChI=1S/C18H19NS2.ClH/c1-19(2)11-12-20-18-13-14-7-3-5-9-16(14)21-17-10-6-4-8-15(17)18;/h3-10,13H,11-12H2,1-2H3;1H. The highest BCUT2D eigenvalue weighted by molar-refractivity contribution is 8.08. The number of halogens is 1. The highest BCUT2D eigenvalue weighted by atomic mass is 35.5. The van der Waals surface area contributed by atoms with Crippen LogP contribution in [0.1, 0.15) is 11.1 Å². The smallest absolute Gasteiger partial charge is 0.0206 e. The van der Waals surface area contributed by atoms with Crippen molar-refractivity contribution in [2.24, 2.45) is 0 Å². The van der Waals surface area contributed by atoms with E-state index in [-0.39, 0.29) is 12.4 Å². The molecule has 0 atom stereocenters. The lowest BCUT2D eigenvalue weighted by molar-refractivity contribution is 0.437. The van der Waals surface area contributed by atoms with Crippen LogP contribution in [0, 0.1) is 0 Å². The summed E-state index contributed by atoms with van der Waals surface area (Å²) in [6, 6.07) is 17.4. The minimum atomic E-state index is 0. The zero-order chi connectivity index (χ0) is 14.7. The number of fused-ring (bicyclic) bond motifs is 2. The van der Waals surface area contributed by atoms with Crippen LogP contribution in [0.3, 0.4) is 0 Å². The van der Waals surface area contributed by atoms with Crippen LogP contribution in [0.15, 0.2) is 58.3 Å². The quantitative estimate of drug-likeness (QED) is 0.730. The molecule has 0 spiro atoms. The average molecular weight is 350 g/mol. The Morgan fingerprint density at radius 1 is 0.955 bits per heavy atom. The zero-order valence-electron chi connectivity index (χ0n) is 12.8. The molecule has 0 radical (unpaired) electrons. The first-order valence-electron chi connectivity index (χ1n) is 7.09. The maximum atomic E-state index is 2.34. The molecular formula is C18H20ClNS2. The molecule has 3 rings (SSSR count). The molecule has 0 N–H and O–H groups in total. The summed E-state index contributed by atoms with van der Waals surface area (Å²) in [4.78, 5) is 6.31. The van der Waals surface area contributed by atoms with Gasteiger partial charge in [-0.25, -0.2) is 0 Å². The van der Waals surface area contributed by atoms with Crippen molar-refractivity contribution in [2.45, 2.75) is 9.79 Å². The summed E-state index contributed by atoms with van der Waals surface area (Å²) in [5.41, 5.74) is 2.69. The summed E-state index contributed by atoms with van der Waals surface area (Å²) in [6.07, 6.45) is 2.34. The molecule has 0 fully saturated rings. The predicted molar refractivity (Wildman–Crippen MR) is 103 cm³/mol. The highest BCUT2D eigenvalue weighted by Crippen LogP contribution is 2.43. The van der Waals surface area contributed by atoms with Gasteiger partial charge in [-0.3, -0.25) is 0 Å². The SMILES string of the molecule is CN(C)CCSC1=Cc2ccccc2Sc2ccccc21.Cl. The van der Waals surface area contributed by atoms with E-state index in [1.807, 2.05) is 23.5 Å².